The molecule has 1 nitrogen and oxygen atoms in total. The number of carbonyl (C=O) groups is 1. The Bertz CT molecular complexity index is 344. The van der Waals surface area contributed by atoms with Gasteiger partial charge in [0.15, 0.2) is 5.78 Å². The minimum absolute atomic E-state index is 0.304. The molecule has 0 radical (unpaired) electrons. The first-order valence-electron chi connectivity index (χ1n) is 5.91. The van der Waals surface area contributed by atoms with Gasteiger partial charge < -0.3 is 0 Å². The molecule has 0 bridgehead atoms. The van der Waals surface area contributed by atoms with E-state index in [2.05, 4.69) is 26.8 Å². The third-order valence-corrected chi connectivity index (χ3v) is 4.23. The third kappa shape index (κ3) is 1.80. The van der Waals surface area contributed by atoms with E-state index in [1.54, 1.807) is 5.57 Å². The van der Waals surface area contributed by atoms with E-state index in [-0.39, 0.29) is 0 Å². The summed E-state index contributed by atoms with van der Waals surface area (Å²) in [4.78, 5) is 11.3. The maximum atomic E-state index is 11.3. The number of allylic oxidation sites excluding steroid dienone is 4. The monoisotopic (exact) mass is 204 g/mol. The molecule has 15 heavy (non-hydrogen) atoms. The van der Waals surface area contributed by atoms with Crippen molar-refractivity contribution in [1.82, 2.24) is 0 Å². The van der Waals surface area contributed by atoms with Gasteiger partial charge in [0, 0.05) is 6.42 Å². The van der Waals surface area contributed by atoms with Crippen LogP contribution in [0.15, 0.2) is 23.3 Å². The van der Waals surface area contributed by atoms with Crippen molar-refractivity contribution in [1.29, 1.82) is 0 Å². The molecule has 0 amide bonds. The minimum atomic E-state index is 0.304. The van der Waals surface area contributed by atoms with Crippen LogP contribution in [-0.2, 0) is 4.79 Å². The van der Waals surface area contributed by atoms with E-state index in [4.69, 9.17) is 0 Å². The summed E-state index contributed by atoms with van der Waals surface area (Å²) in [5, 5.41) is 0. The van der Waals surface area contributed by atoms with Crippen LogP contribution in [0, 0.1) is 11.3 Å². The van der Waals surface area contributed by atoms with E-state index in [0.717, 1.165) is 6.42 Å². The predicted molar refractivity (Wildman–Crippen MR) is 62.6 cm³/mol. The first kappa shape index (κ1) is 10.7. The van der Waals surface area contributed by atoms with Crippen LogP contribution in [0.3, 0.4) is 0 Å². The van der Waals surface area contributed by atoms with Crippen molar-refractivity contribution >= 4 is 5.78 Å². The zero-order valence-electron chi connectivity index (χ0n) is 9.97. The Kier molecular flexibility index (Phi) is 2.57. The Balaban J connectivity index is 2.27. The molecule has 2 atom stereocenters. The average molecular weight is 204 g/mol. The van der Waals surface area contributed by atoms with E-state index in [0.29, 0.717) is 17.1 Å². The summed E-state index contributed by atoms with van der Waals surface area (Å²) in [5.41, 5.74) is 3.39. The van der Waals surface area contributed by atoms with E-state index >= 15 is 0 Å². The van der Waals surface area contributed by atoms with Gasteiger partial charge in [-0.1, -0.05) is 24.1 Å². The Morgan fingerprint density at radius 2 is 2.20 bits per heavy atom. The lowest BCUT2D eigenvalue weighted by Gasteiger charge is -2.34. The van der Waals surface area contributed by atoms with Gasteiger partial charge in [-0.3, -0.25) is 4.79 Å². The lowest BCUT2D eigenvalue weighted by Crippen LogP contribution is -2.28. The molecule has 1 spiro atoms. The van der Waals surface area contributed by atoms with Gasteiger partial charge in [-0.2, -0.15) is 0 Å². The lowest BCUT2D eigenvalue weighted by atomic mass is 9.69. The Hall–Kier alpha value is -0.850. The average Bonchev–Trinajstić information content (AvgIpc) is 2.58. The van der Waals surface area contributed by atoms with Crippen molar-refractivity contribution in [3.8, 4) is 0 Å². The highest BCUT2D eigenvalue weighted by Crippen LogP contribution is 2.51. The molecule has 0 heterocycles. The highest BCUT2D eigenvalue weighted by Gasteiger charge is 2.41. The molecule has 2 unspecified atom stereocenters. The molecule has 1 saturated carbocycles. The second kappa shape index (κ2) is 3.62. The largest absolute Gasteiger partial charge is 0.295 e. The first-order chi connectivity index (χ1) is 7.03. The highest BCUT2D eigenvalue weighted by molar-refractivity contribution is 5.91. The predicted octanol–water partition coefficient (Wildman–Crippen LogP) is 3.66. The molecule has 0 aromatic heterocycles. The second-order valence-electron chi connectivity index (χ2n) is 5.42. The van der Waals surface area contributed by atoms with Gasteiger partial charge >= 0.3 is 0 Å². The SMILES string of the molecule is CC(C)=C1CCC2(C=CC(=O)CC2C)C1. The van der Waals surface area contributed by atoms with Gasteiger partial charge in [0.25, 0.3) is 0 Å². The fourth-order valence-electron chi connectivity index (χ4n) is 2.94. The first-order valence-corrected chi connectivity index (χ1v) is 5.91. The minimum Gasteiger partial charge on any atom is -0.295 e. The Labute approximate surface area is 92.3 Å². The molecule has 1 fully saturated rings. The molecule has 2 aliphatic rings. The molecular formula is C14H20O. The number of carbonyl (C=O) groups excluding carboxylic acids is 1. The second-order valence-corrected chi connectivity index (χ2v) is 5.42. The van der Waals surface area contributed by atoms with Gasteiger partial charge in [-0.25, -0.2) is 0 Å². The molecule has 2 rings (SSSR count). The van der Waals surface area contributed by atoms with Crippen LogP contribution in [0.25, 0.3) is 0 Å². The fraction of sp³-hybridized carbons (Fsp3) is 0.643. The van der Waals surface area contributed by atoms with Crippen LogP contribution in [0.4, 0.5) is 0 Å². The third-order valence-electron chi connectivity index (χ3n) is 4.23. The van der Waals surface area contributed by atoms with Crippen LogP contribution < -0.4 is 0 Å². The van der Waals surface area contributed by atoms with Crippen molar-refractivity contribution in [3.05, 3.63) is 23.3 Å². The number of rotatable bonds is 0. The zero-order chi connectivity index (χ0) is 11.1. The van der Waals surface area contributed by atoms with Crippen molar-refractivity contribution < 1.29 is 4.79 Å². The smallest absolute Gasteiger partial charge is 0.155 e. The maximum Gasteiger partial charge on any atom is 0.155 e. The van der Waals surface area contributed by atoms with Crippen molar-refractivity contribution in [2.75, 3.05) is 0 Å². The van der Waals surface area contributed by atoms with Crippen molar-refractivity contribution in [2.45, 2.75) is 46.5 Å². The molecule has 82 valence electrons. The van der Waals surface area contributed by atoms with E-state index in [1.807, 2.05) is 6.08 Å². The summed E-state index contributed by atoms with van der Waals surface area (Å²) < 4.78 is 0. The van der Waals surface area contributed by atoms with Crippen molar-refractivity contribution in [2.24, 2.45) is 11.3 Å². The van der Waals surface area contributed by atoms with Crippen LogP contribution in [0.2, 0.25) is 0 Å². The van der Waals surface area contributed by atoms with Gasteiger partial charge in [0.05, 0.1) is 0 Å². The zero-order valence-corrected chi connectivity index (χ0v) is 9.97. The van der Waals surface area contributed by atoms with Gasteiger partial charge in [-0.05, 0) is 50.5 Å². The van der Waals surface area contributed by atoms with Crippen LogP contribution in [0.1, 0.15) is 46.5 Å². The number of ketones is 1. The molecule has 0 aromatic rings. The van der Waals surface area contributed by atoms with Gasteiger partial charge in [-0.15, -0.1) is 0 Å². The van der Waals surface area contributed by atoms with Gasteiger partial charge in [0.1, 0.15) is 0 Å². The normalized spacial score (nSPS) is 35.3. The van der Waals surface area contributed by atoms with Gasteiger partial charge in [0.2, 0.25) is 0 Å². The standard InChI is InChI=1S/C14H20O/c1-10(2)12-4-6-14(9-12)7-5-13(15)8-11(14)3/h5,7,11H,4,6,8-9H2,1-3H3. The fourth-order valence-corrected chi connectivity index (χ4v) is 2.94. The Morgan fingerprint density at radius 1 is 1.47 bits per heavy atom. The summed E-state index contributed by atoms with van der Waals surface area (Å²) in [6, 6.07) is 0. The lowest BCUT2D eigenvalue weighted by molar-refractivity contribution is -0.116. The Morgan fingerprint density at radius 3 is 2.73 bits per heavy atom. The van der Waals surface area contributed by atoms with Crippen LogP contribution >= 0.6 is 0 Å². The van der Waals surface area contributed by atoms with E-state index in [9.17, 15) is 4.79 Å². The molecule has 1 heteroatoms. The number of hydrogen-bond donors (Lipinski definition) is 0. The molecule has 0 aliphatic heterocycles. The molecule has 0 saturated heterocycles. The van der Waals surface area contributed by atoms with Crippen LogP contribution in [0.5, 0.6) is 0 Å². The highest BCUT2D eigenvalue weighted by atomic mass is 16.1. The molecule has 0 aromatic carbocycles. The van der Waals surface area contributed by atoms with E-state index < -0.39 is 0 Å². The summed E-state index contributed by atoms with van der Waals surface area (Å²) in [6.07, 6.45) is 8.39. The molecule has 0 N–H and O–H groups in total. The van der Waals surface area contributed by atoms with Crippen molar-refractivity contribution in [3.63, 3.8) is 0 Å². The summed E-state index contributed by atoms with van der Waals surface area (Å²) >= 11 is 0. The van der Waals surface area contributed by atoms with E-state index in [1.165, 1.54) is 24.8 Å². The summed E-state index contributed by atoms with van der Waals surface area (Å²) in [5.74, 6) is 0.825. The molecular weight excluding hydrogens is 184 g/mol. The molecule has 2 aliphatic carbocycles. The maximum absolute atomic E-state index is 11.3. The summed E-state index contributed by atoms with van der Waals surface area (Å²) in [6.45, 7) is 6.64. The van der Waals surface area contributed by atoms with Crippen LogP contribution in [-0.4, -0.2) is 5.78 Å². The quantitative estimate of drug-likeness (QED) is 0.550. The topological polar surface area (TPSA) is 17.1 Å². The number of hydrogen-bond acceptors (Lipinski definition) is 1. The summed E-state index contributed by atoms with van der Waals surface area (Å²) in [7, 11) is 0.